The Labute approximate surface area is 175 Å². The standard InChI is InChI=1S/C22H19N3O4S/c1-28-20-7-6-19(13-21(20)29-2)30(3,27)25-22(26)18-12-17(14-24-15-18)5-4-16-8-10-23-11-9-16/h6-15H,1-3H3. The summed E-state index contributed by atoms with van der Waals surface area (Å²) >= 11 is 0. The van der Waals surface area contributed by atoms with Gasteiger partial charge in [-0.2, -0.15) is 4.36 Å². The highest BCUT2D eigenvalue weighted by molar-refractivity contribution is 7.93. The minimum absolute atomic E-state index is 0.201. The number of carbonyl (C=O) groups is 1. The monoisotopic (exact) mass is 421 g/mol. The predicted molar refractivity (Wildman–Crippen MR) is 113 cm³/mol. The molecular weight excluding hydrogens is 402 g/mol. The molecule has 0 aliphatic rings. The maximum atomic E-state index is 13.1. The molecular formula is C22H19N3O4S. The minimum Gasteiger partial charge on any atom is -0.493 e. The molecule has 0 N–H and O–H groups in total. The average Bonchev–Trinajstić information content (AvgIpc) is 2.77. The lowest BCUT2D eigenvalue weighted by Crippen LogP contribution is -2.05. The van der Waals surface area contributed by atoms with Gasteiger partial charge in [0.25, 0.3) is 5.91 Å². The van der Waals surface area contributed by atoms with Gasteiger partial charge in [0.05, 0.1) is 34.4 Å². The molecule has 0 saturated carbocycles. The van der Waals surface area contributed by atoms with Crippen LogP contribution in [0.1, 0.15) is 21.5 Å². The molecule has 2 heterocycles. The van der Waals surface area contributed by atoms with Crippen molar-refractivity contribution in [2.45, 2.75) is 4.90 Å². The second-order valence-electron chi connectivity index (χ2n) is 6.16. The zero-order valence-electron chi connectivity index (χ0n) is 16.7. The second-order valence-corrected chi connectivity index (χ2v) is 8.42. The lowest BCUT2D eigenvalue weighted by atomic mass is 10.2. The minimum atomic E-state index is -3.01. The molecule has 30 heavy (non-hydrogen) atoms. The fraction of sp³-hybridized carbons (Fsp3) is 0.136. The van der Waals surface area contributed by atoms with Crippen LogP contribution >= 0.6 is 0 Å². The molecule has 1 unspecified atom stereocenters. The molecule has 152 valence electrons. The van der Waals surface area contributed by atoms with E-state index in [-0.39, 0.29) is 5.56 Å². The fourth-order valence-electron chi connectivity index (χ4n) is 2.52. The van der Waals surface area contributed by atoms with E-state index in [4.69, 9.17) is 9.47 Å². The lowest BCUT2D eigenvalue weighted by molar-refractivity contribution is 0.100. The predicted octanol–water partition coefficient (Wildman–Crippen LogP) is 3.19. The fourth-order valence-corrected chi connectivity index (χ4v) is 3.69. The Bertz CT molecular complexity index is 1250. The van der Waals surface area contributed by atoms with E-state index < -0.39 is 15.6 Å². The van der Waals surface area contributed by atoms with Crippen LogP contribution < -0.4 is 9.47 Å². The van der Waals surface area contributed by atoms with Crippen LogP contribution in [-0.4, -0.2) is 40.6 Å². The smallest absolute Gasteiger partial charge is 0.286 e. The van der Waals surface area contributed by atoms with Gasteiger partial charge in [0.15, 0.2) is 11.5 Å². The molecule has 2 aromatic heterocycles. The average molecular weight is 421 g/mol. The van der Waals surface area contributed by atoms with Crippen LogP contribution in [0.25, 0.3) is 0 Å². The van der Waals surface area contributed by atoms with E-state index in [0.717, 1.165) is 5.56 Å². The van der Waals surface area contributed by atoms with Gasteiger partial charge in [0.1, 0.15) is 0 Å². The number of amides is 1. The number of ether oxygens (including phenoxy) is 2. The molecule has 0 spiro atoms. The van der Waals surface area contributed by atoms with E-state index in [0.29, 0.717) is 22.0 Å². The van der Waals surface area contributed by atoms with E-state index in [1.165, 1.54) is 26.7 Å². The summed E-state index contributed by atoms with van der Waals surface area (Å²) in [5.74, 6) is 6.17. The van der Waals surface area contributed by atoms with E-state index in [9.17, 15) is 9.00 Å². The first-order chi connectivity index (χ1) is 14.4. The molecule has 1 aromatic carbocycles. The number of hydrogen-bond acceptors (Lipinski definition) is 6. The number of methoxy groups -OCH3 is 2. The third-order valence-electron chi connectivity index (χ3n) is 4.07. The Hall–Kier alpha value is -3.70. The van der Waals surface area contributed by atoms with Crippen molar-refractivity contribution in [2.24, 2.45) is 4.36 Å². The number of aromatic nitrogens is 2. The Kier molecular flexibility index (Phi) is 6.45. The number of hydrogen-bond donors (Lipinski definition) is 0. The quantitative estimate of drug-likeness (QED) is 0.601. The third-order valence-corrected chi connectivity index (χ3v) is 5.71. The summed E-state index contributed by atoms with van der Waals surface area (Å²) in [6, 6.07) is 9.88. The first-order valence-electron chi connectivity index (χ1n) is 8.78. The van der Waals surface area contributed by atoms with Crippen molar-refractivity contribution in [3.05, 3.63) is 77.9 Å². The second kappa shape index (κ2) is 9.20. The van der Waals surface area contributed by atoms with Crippen LogP contribution in [0.4, 0.5) is 0 Å². The van der Waals surface area contributed by atoms with Crippen molar-refractivity contribution >= 4 is 15.6 Å². The molecule has 1 amide bonds. The molecule has 8 heteroatoms. The van der Waals surface area contributed by atoms with Crippen LogP contribution in [0.3, 0.4) is 0 Å². The van der Waals surface area contributed by atoms with Gasteiger partial charge in [-0.15, -0.1) is 0 Å². The van der Waals surface area contributed by atoms with Gasteiger partial charge in [0.2, 0.25) is 0 Å². The zero-order chi connectivity index (χ0) is 21.6. The largest absolute Gasteiger partial charge is 0.493 e. The van der Waals surface area contributed by atoms with Gasteiger partial charge >= 0.3 is 0 Å². The van der Waals surface area contributed by atoms with Crippen molar-refractivity contribution in [1.82, 2.24) is 9.97 Å². The summed E-state index contributed by atoms with van der Waals surface area (Å²) in [5, 5.41) is 0. The van der Waals surface area contributed by atoms with Gasteiger partial charge in [-0.3, -0.25) is 14.8 Å². The highest BCUT2D eigenvalue weighted by Gasteiger charge is 2.15. The number of pyridine rings is 2. The molecule has 7 nitrogen and oxygen atoms in total. The van der Waals surface area contributed by atoms with Gasteiger partial charge in [-0.1, -0.05) is 11.8 Å². The summed E-state index contributed by atoms with van der Waals surface area (Å²) in [6.07, 6.45) is 7.60. The normalized spacial score (nSPS) is 12.1. The van der Waals surface area contributed by atoms with Crippen molar-refractivity contribution in [3.8, 4) is 23.3 Å². The number of nitrogens with zero attached hydrogens (tertiary/aromatic N) is 3. The summed E-state index contributed by atoms with van der Waals surface area (Å²) in [6.45, 7) is 0. The molecule has 0 radical (unpaired) electrons. The number of benzene rings is 1. The Morgan fingerprint density at radius 1 is 0.933 bits per heavy atom. The molecule has 3 rings (SSSR count). The van der Waals surface area contributed by atoms with Gasteiger partial charge < -0.3 is 9.47 Å². The lowest BCUT2D eigenvalue weighted by Gasteiger charge is -2.10. The van der Waals surface area contributed by atoms with Crippen LogP contribution in [0.15, 0.2) is 70.4 Å². The van der Waals surface area contributed by atoms with Gasteiger partial charge in [-0.25, -0.2) is 4.21 Å². The Morgan fingerprint density at radius 3 is 2.33 bits per heavy atom. The van der Waals surface area contributed by atoms with Crippen LogP contribution in [-0.2, 0) is 9.73 Å². The van der Waals surface area contributed by atoms with Crippen LogP contribution in [0.2, 0.25) is 0 Å². The molecule has 3 aromatic rings. The van der Waals surface area contributed by atoms with Crippen molar-refractivity contribution in [2.75, 3.05) is 20.5 Å². The zero-order valence-corrected chi connectivity index (χ0v) is 17.5. The van der Waals surface area contributed by atoms with Crippen LogP contribution in [0.5, 0.6) is 11.5 Å². The SMILES string of the molecule is COc1ccc(S(C)(=O)=NC(=O)c2cncc(C#Cc3ccncc3)c2)cc1OC. The van der Waals surface area contributed by atoms with Crippen molar-refractivity contribution in [3.63, 3.8) is 0 Å². The number of rotatable bonds is 4. The molecule has 0 saturated heterocycles. The summed E-state index contributed by atoms with van der Waals surface area (Å²) in [7, 11) is -0.0303. The van der Waals surface area contributed by atoms with Gasteiger partial charge in [0, 0.05) is 48.2 Å². The van der Waals surface area contributed by atoms with E-state index in [2.05, 4.69) is 26.2 Å². The Balaban J connectivity index is 1.90. The first-order valence-corrected chi connectivity index (χ1v) is 10.7. The van der Waals surface area contributed by atoms with E-state index in [1.54, 1.807) is 55.0 Å². The summed E-state index contributed by atoms with van der Waals surface area (Å²) < 4.78 is 27.4. The van der Waals surface area contributed by atoms with Crippen molar-refractivity contribution in [1.29, 1.82) is 0 Å². The maximum absolute atomic E-state index is 13.1. The Morgan fingerprint density at radius 2 is 1.63 bits per heavy atom. The highest BCUT2D eigenvalue weighted by atomic mass is 32.2. The summed E-state index contributed by atoms with van der Waals surface area (Å²) in [5.41, 5.74) is 1.53. The molecule has 0 aliphatic heterocycles. The topological polar surface area (TPSA) is 90.7 Å². The molecule has 0 bridgehead atoms. The number of carbonyl (C=O) groups excluding carboxylic acids is 1. The highest BCUT2D eigenvalue weighted by Crippen LogP contribution is 2.30. The maximum Gasteiger partial charge on any atom is 0.286 e. The third kappa shape index (κ3) is 5.01. The molecule has 0 fully saturated rings. The molecule has 1 atom stereocenters. The summed E-state index contributed by atoms with van der Waals surface area (Å²) in [4.78, 5) is 21.0. The van der Waals surface area contributed by atoms with E-state index >= 15 is 0 Å². The van der Waals surface area contributed by atoms with Crippen molar-refractivity contribution < 1.29 is 18.5 Å². The van der Waals surface area contributed by atoms with Crippen LogP contribution in [0, 0.1) is 11.8 Å². The van der Waals surface area contributed by atoms with Gasteiger partial charge in [-0.05, 0) is 30.3 Å². The molecule has 0 aliphatic carbocycles. The first kappa shape index (κ1) is 21.0. The van der Waals surface area contributed by atoms with E-state index in [1.807, 2.05) is 0 Å².